The molecule has 0 saturated carbocycles. The molecule has 0 unspecified atom stereocenters. The number of urea groups is 1. The lowest BCUT2D eigenvalue weighted by Gasteiger charge is -2.14. The fraction of sp³-hybridized carbons (Fsp3) is 0.500. The van der Waals surface area contributed by atoms with E-state index in [1.807, 2.05) is 0 Å². The second-order valence-electron chi connectivity index (χ2n) is 3.61. The molecule has 0 bridgehead atoms. The first kappa shape index (κ1) is 14.9. The van der Waals surface area contributed by atoms with E-state index in [9.17, 15) is 14.4 Å². The Bertz CT molecular complexity index is 327. The van der Waals surface area contributed by atoms with Crippen LogP contribution < -0.4 is 10.6 Å². The van der Waals surface area contributed by atoms with Crippen molar-refractivity contribution >= 4 is 18.0 Å². The van der Waals surface area contributed by atoms with Gasteiger partial charge in [0.25, 0.3) is 0 Å². The maximum Gasteiger partial charge on any atom is 0.326 e. The van der Waals surface area contributed by atoms with E-state index in [1.165, 1.54) is 0 Å². The molecule has 0 radical (unpaired) electrons. The molecule has 4 N–H and O–H groups in total. The summed E-state index contributed by atoms with van der Waals surface area (Å²) < 4.78 is 0. The minimum absolute atomic E-state index is 0.162. The highest BCUT2D eigenvalue weighted by Crippen LogP contribution is 1.98. The van der Waals surface area contributed by atoms with E-state index in [4.69, 9.17) is 10.2 Å². The van der Waals surface area contributed by atoms with Crippen LogP contribution in [0.5, 0.6) is 0 Å². The summed E-state index contributed by atoms with van der Waals surface area (Å²) in [6.45, 7) is 5.51. The van der Waals surface area contributed by atoms with Gasteiger partial charge >= 0.3 is 18.0 Å². The number of carbonyl (C=O) groups is 3. The highest BCUT2D eigenvalue weighted by atomic mass is 16.4. The number of rotatable bonds is 7. The fourth-order valence-corrected chi connectivity index (χ4v) is 0.966. The van der Waals surface area contributed by atoms with Gasteiger partial charge < -0.3 is 20.8 Å². The van der Waals surface area contributed by atoms with Crippen molar-refractivity contribution in [1.29, 1.82) is 0 Å². The topological polar surface area (TPSA) is 116 Å². The van der Waals surface area contributed by atoms with Gasteiger partial charge in [0.1, 0.15) is 6.04 Å². The second-order valence-corrected chi connectivity index (χ2v) is 3.61. The molecule has 0 aromatic carbocycles. The van der Waals surface area contributed by atoms with Crippen molar-refractivity contribution in [3.8, 4) is 0 Å². The molecular formula is C10H16N2O5. The van der Waals surface area contributed by atoms with Crippen molar-refractivity contribution in [2.45, 2.75) is 25.8 Å². The van der Waals surface area contributed by atoms with Crippen LogP contribution in [0.2, 0.25) is 0 Å². The van der Waals surface area contributed by atoms with Gasteiger partial charge in [-0.05, 0) is 13.3 Å². The summed E-state index contributed by atoms with van der Waals surface area (Å²) in [4.78, 5) is 32.3. The molecule has 2 amide bonds. The van der Waals surface area contributed by atoms with Crippen molar-refractivity contribution in [2.75, 3.05) is 6.54 Å². The van der Waals surface area contributed by atoms with Gasteiger partial charge in [-0.1, -0.05) is 12.2 Å². The smallest absolute Gasteiger partial charge is 0.326 e. The van der Waals surface area contributed by atoms with Gasteiger partial charge in [-0.3, -0.25) is 4.79 Å². The Morgan fingerprint density at radius 3 is 2.29 bits per heavy atom. The number of hydrogen-bond donors (Lipinski definition) is 4. The third kappa shape index (κ3) is 7.83. The van der Waals surface area contributed by atoms with Gasteiger partial charge in [0.2, 0.25) is 0 Å². The fourth-order valence-electron chi connectivity index (χ4n) is 0.966. The van der Waals surface area contributed by atoms with Crippen LogP contribution in [0, 0.1) is 0 Å². The predicted molar refractivity (Wildman–Crippen MR) is 59.6 cm³/mol. The van der Waals surface area contributed by atoms with Gasteiger partial charge in [-0.25, -0.2) is 9.59 Å². The summed E-state index contributed by atoms with van der Waals surface area (Å²) in [6, 6.07) is -1.87. The number of nitrogens with one attached hydrogen (secondary N) is 2. The molecule has 7 nitrogen and oxygen atoms in total. The summed E-state index contributed by atoms with van der Waals surface area (Å²) in [5.41, 5.74) is 0.720. The minimum atomic E-state index is -1.27. The number of amides is 2. The lowest BCUT2D eigenvalue weighted by molar-refractivity contribution is -0.140. The van der Waals surface area contributed by atoms with E-state index in [-0.39, 0.29) is 19.4 Å². The van der Waals surface area contributed by atoms with Crippen molar-refractivity contribution in [2.24, 2.45) is 0 Å². The van der Waals surface area contributed by atoms with Gasteiger partial charge in [0.15, 0.2) is 0 Å². The lowest BCUT2D eigenvalue weighted by Crippen LogP contribution is -2.46. The average molecular weight is 244 g/mol. The van der Waals surface area contributed by atoms with E-state index in [0.29, 0.717) is 0 Å². The molecule has 0 saturated heterocycles. The van der Waals surface area contributed by atoms with Crippen LogP contribution in [0.1, 0.15) is 19.8 Å². The molecule has 0 aliphatic rings. The van der Waals surface area contributed by atoms with Crippen LogP contribution in [0.15, 0.2) is 12.2 Å². The predicted octanol–water partition coefficient (Wildman–Crippen LogP) is 0.180. The second kappa shape index (κ2) is 7.26. The van der Waals surface area contributed by atoms with Gasteiger partial charge in [0, 0.05) is 13.0 Å². The quantitative estimate of drug-likeness (QED) is 0.477. The van der Waals surface area contributed by atoms with Gasteiger partial charge in [-0.2, -0.15) is 0 Å². The third-order valence-corrected chi connectivity index (χ3v) is 1.80. The van der Waals surface area contributed by atoms with Crippen molar-refractivity contribution in [1.82, 2.24) is 10.6 Å². The highest BCUT2D eigenvalue weighted by Gasteiger charge is 2.20. The Morgan fingerprint density at radius 2 is 1.88 bits per heavy atom. The van der Waals surface area contributed by atoms with Crippen LogP contribution in [0.25, 0.3) is 0 Å². The molecule has 0 fully saturated rings. The molecule has 0 aliphatic carbocycles. The highest BCUT2D eigenvalue weighted by molar-refractivity contribution is 5.83. The maximum atomic E-state index is 11.2. The summed E-state index contributed by atoms with van der Waals surface area (Å²) in [5, 5.41) is 21.7. The average Bonchev–Trinajstić information content (AvgIpc) is 2.20. The normalized spacial score (nSPS) is 11.4. The Kier molecular flexibility index (Phi) is 6.39. The number of carbonyl (C=O) groups excluding carboxylic acids is 1. The van der Waals surface area contributed by atoms with E-state index in [0.717, 1.165) is 5.57 Å². The molecule has 0 heterocycles. The van der Waals surface area contributed by atoms with Crippen LogP contribution >= 0.6 is 0 Å². The number of aliphatic carboxylic acids is 2. The Balaban J connectivity index is 4.15. The molecule has 1 atom stereocenters. The zero-order chi connectivity index (χ0) is 13.4. The summed E-state index contributed by atoms with van der Waals surface area (Å²) in [7, 11) is 0. The van der Waals surface area contributed by atoms with Crippen molar-refractivity contribution in [3.05, 3.63) is 12.2 Å². The molecular weight excluding hydrogens is 228 g/mol. The zero-order valence-electron chi connectivity index (χ0n) is 9.52. The molecule has 0 rings (SSSR count). The van der Waals surface area contributed by atoms with Crippen molar-refractivity contribution < 1.29 is 24.6 Å². The molecule has 0 aromatic rings. The van der Waals surface area contributed by atoms with Crippen molar-refractivity contribution in [3.63, 3.8) is 0 Å². The van der Waals surface area contributed by atoms with Crippen LogP contribution in [-0.2, 0) is 9.59 Å². The molecule has 17 heavy (non-hydrogen) atoms. The first-order valence-electron chi connectivity index (χ1n) is 4.96. The van der Waals surface area contributed by atoms with Crippen LogP contribution in [0.4, 0.5) is 4.79 Å². The Hall–Kier alpha value is -2.05. The number of carboxylic acid groups (broad SMARTS) is 2. The first-order chi connectivity index (χ1) is 7.82. The summed E-state index contributed by atoms with van der Waals surface area (Å²) in [5.74, 6) is -2.38. The van der Waals surface area contributed by atoms with E-state index >= 15 is 0 Å². The monoisotopic (exact) mass is 244 g/mol. The lowest BCUT2D eigenvalue weighted by atomic mass is 10.1. The Morgan fingerprint density at radius 1 is 1.29 bits per heavy atom. The summed E-state index contributed by atoms with van der Waals surface area (Å²) >= 11 is 0. The standard InChI is InChI=1S/C10H16N2O5/c1-6(2)5-11-10(17)12-7(9(15)16)3-4-8(13)14/h7H,1,3-5H2,2H3,(H,13,14)(H,15,16)(H2,11,12,17)/t7-/m0/s1. The molecule has 0 aromatic heterocycles. The summed E-state index contributed by atoms with van der Waals surface area (Å²) in [6.07, 6.45) is -0.483. The maximum absolute atomic E-state index is 11.2. The van der Waals surface area contributed by atoms with E-state index in [1.54, 1.807) is 6.92 Å². The molecule has 0 aliphatic heterocycles. The third-order valence-electron chi connectivity index (χ3n) is 1.80. The van der Waals surface area contributed by atoms with Gasteiger partial charge in [-0.15, -0.1) is 0 Å². The molecule has 96 valence electrons. The van der Waals surface area contributed by atoms with Crippen LogP contribution in [-0.4, -0.2) is 40.8 Å². The Labute approximate surface area is 98.5 Å². The largest absolute Gasteiger partial charge is 0.481 e. The van der Waals surface area contributed by atoms with Gasteiger partial charge in [0.05, 0.1) is 0 Å². The minimum Gasteiger partial charge on any atom is -0.481 e. The first-order valence-corrected chi connectivity index (χ1v) is 4.96. The molecule has 0 spiro atoms. The van der Waals surface area contributed by atoms with Crippen LogP contribution in [0.3, 0.4) is 0 Å². The molecule has 7 heteroatoms. The van der Waals surface area contributed by atoms with E-state index in [2.05, 4.69) is 17.2 Å². The number of carboxylic acids is 2. The zero-order valence-corrected chi connectivity index (χ0v) is 9.52. The number of hydrogen-bond acceptors (Lipinski definition) is 3. The SMILES string of the molecule is C=C(C)CNC(=O)N[C@@H](CCC(=O)O)C(=O)O. The van der Waals surface area contributed by atoms with E-state index < -0.39 is 24.0 Å².